The van der Waals surface area contributed by atoms with Crippen molar-refractivity contribution in [2.24, 2.45) is 4.99 Å². The fourth-order valence-electron chi connectivity index (χ4n) is 3.58. The lowest BCUT2D eigenvalue weighted by Gasteiger charge is -2.38. The fourth-order valence-corrected chi connectivity index (χ4v) is 4.59. The molecule has 2 aliphatic rings. The average Bonchev–Trinajstić information content (AvgIpc) is 2.77. The molecule has 9 heteroatoms. The van der Waals surface area contributed by atoms with Gasteiger partial charge < -0.3 is 4.74 Å². The summed E-state index contributed by atoms with van der Waals surface area (Å²) in [5, 5.41) is 11.8. The van der Waals surface area contributed by atoms with Gasteiger partial charge in [0.15, 0.2) is 5.17 Å². The minimum Gasteiger partial charge on any atom is -0.457 e. The average molecular weight is 437 g/mol. The second-order valence-corrected chi connectivity index (χ2v) is 8.13. The van der Waals surface area contributed by atoms with E-state index in [1.54, 1.807) is 19.1 Å². The number of ether oxygens (including phenoxy) is 1. The summed E-state index contributed by atoms with van der Waals surface area (Å²) in [6, 6.07) is 14.4. The molecule has 8 nitrogen and oxygen atoms in total. The maximum Gasteiger partial charge on any atom is 0.338 e. The Bertz CT molecular complexity index is 1110. The van der Waals surface area contributed by atoms with Crippen LogP contribution in [0, 0.1) is 10.1 Å². The molecule has 0 aromatic heterocycles. The molecule has 2 aromatic rings. The number of amidine groups is 1. The second-order valence-electron chi connectivity index (χ2n) is 7.07. The number of thioether (sulfide) groups is 1. The number of nitrogens with zero attached hydrogens (tertiary/aromatic N) is 3. The predicted molar refractivity (Wildman–Crippen MR) is 116 cm³/mol. The molecule has 2 aliphatic heterocycles. The standard InChI is InChI=1S/C22H19N3O5S/c1-14-19(21(27)30-13-15-6-3-2-4-7-15)20(16-8-5-9-17(12-16)25(28)29)24-18(26)10-11-31-22(24)23-14/h2-9,12,20H,10-11,13H2,1H3/t20-/m1/s1. The van der Waals surface area contributed by atoms with Gasteiger partial charge in [0, 0.05) is 24.3 Å². The van der Waals surface area contributed by atoms with E-state index in [9.17, 15) is 19.7 Å². The molecule has 0 spiro atoms. The number of rotatable bonds is 5. The third-order valence-corrected chi connectivity index (χ3v) is 5.99. The summed E-state index contributed by atoms with van der Waals surface area (Å²) in [4.78, 5) is 42.7. The monoisotopic (exact) mass is 437 g/mol. The van der Waals surface area contributed by atoms with Crippen LogP contribution in [0.25, 0.3) is 0 Å². The summed E-state index contributed by atoms with van der Waals surface area (Å²) in [7, 11) is 0. The predicted octanol–water partition coefficient (Wildman–Crippen LogP) is 3.99. The van der Waals surface area contributed by atoms with E-state index in [4.69, 9.17) is 4.74 Å². The first kappa shape index (κ1) is 20.8. The van der Waals surface area contributed by atoms with E-state index in [0.29, 0.717) is 28.6 Å². The molecule has 2 aromatic carbocycles. The first-order valence-electron chi connectivity index (χ1n) is 9.65. The lowest BCUT2D eigenvalue weighted by Crippen LogP contribution is -2.45. The Morgan fingerprint density at radius 2 is 2.03 bits per heavy atom. The molecule has 1 atom stereocenters. The van der Waals surface area contributed by atoms with Crippen molar-refractivity contribution in [2.75, 3.05) is 5.75 Å². The van der Waals surface area contributed by atoms with Gasteiger partial charge in [0.05, 0.1) is 22.2 Å². The van der Waals surface area contributed by atoms with E-state index in [2.05, 4.69) is 4.99 Å². The number of nitro benzene ring substituents is 1. The molecule has 0 unspecified atom stereocenters. The molecule has 31 heavy (non-hydrogen) atoms. The zero-order valence-electron chi connectivity index (χ0n) is 16.7. The maximum atomic E-state index is 13.1. The summed E-state index contributed by atoms with van der Waals surface area (Å²) >= 11 is 1.42. The molecule has 2 heterocycles. The van der Waals surface area contributed by atoms with Gasteiger partial charge in [0.1, 0.15) is 6.61 Å². The zero-order valence-corrected chi connectivity index (χ0v) is 17.5. The highest BCUT2D eigenvalue weighted by Crippen LogP contribution is 2.41. The van der Waals surface area contributed by atoms with Crippen LogP contribution in [-0.4, -0.2) is 32.6 Å². The number of hydrogen-bond acceptors (Lipinski definition) is 7. The van der Waals surface area contributed by atoms with Gasteiger partial charge in [-0.05, 0) is 18.1 Å². The Morgan fingerprint density at radius 3 is 2.77 bits per heavy atom. The smallest absolute Gasteiger partial charge is 0.338 e. The van der Waals surface area contributed by atoms with Crippen LogP contribution in [-0.2, 0) is 20.9 Å². The summed E-state index contributed by atoms with van der Waals surface area (Å²) in [5.74, 6) is -0.199. The molecule has 0 N–H and O–H groups in total. The lowest BCUT2D eigenvalue weighted by molar-refractivity contribution is -0.384. The van der Waals surface area contributed by atoms with Crippen LogP contribution in [0.5, 0.6) is 0 Å². The van der Waals surface area contributed by atoms with Crippen molar-refractivity contribution in [2.45, 2.75) is 26.0 Å². The Hall–Kier alpha value is -3.46. The van der Waals surface area contributed by atoms with Gasteiger partial charge in [-0.2, -0.15) is 0 Å². The number of aliphatic imine (C=N–C) groups is 1. The van der Waals surface area contributed by atoms with Crippen LogP contribution in [0.3, 0.4) is 0 Å². The Labute approximate surface area is 182 Å². The van der Waals surface area contributed by atoms with Gasteiger partial charge in [-0.3, -0.25) is 19.8 Å². The normalized spacial score (nSPS) is 18.4. The highest BCUT2D eigenvalue weighted by molar-refractivity contribution is 8.14. The molecule has 1 saturated heterocycles. The summed E-state index contributed by atoms with van der Waals surface area (Å²) < 4.78 is 5.54. The molecular formula is C22H19N3O5S. The van der Waals surface area contributed by atoms with E-state index < -0.39 is 16.9 Å². The van der Waals surface area contributed by atoms with Crippen molar-refractivity contribution >= 4 is 34.5 Å². The number of nitro groups is 1. The van der Waals surface area contributed by atoms with E-state index >= 15 is 0 Å². The molecule has 1 amide bonds. The SMILES string of the molecule is CC1=C(C(=O)OCc2ccccc2)[C@@H](c2cccc([N+](=O)[O-])c2)N2C(=O)CCSC2=N1. The Kier molecular flexibility index (Phi) is 5.85. The van der Waals surface area contributed by atoms with Crippen molar-refractivity contribution in [1.82, 2.24) is 4.90 Å². The quantitative estimate of drug-likeness (QED) is 0.398. The van der Waals surface area contributed by atoms with Crippen LogP contribution >= 0.6 is 11.8 Å². The first-order valence-corrected chi connectivity index (χ1v) is 10.6. The molecule has 0 saturated carbocycles. The maximum absolute atomic E-state index is 13.1. The zero-order chi connectivity index (χ0) is 22.0. The Morgan fingerprint density at radius 1 is 1.26 bits per heavy atom. The number of carbonyl (C=O) groups excluding carboxylic acids is 2. The van der Waals surface area contributed by atoms with Crippen LogP contribution in [0.2, 0.25) is 0 Å². The number of hydrogen-bond donors (Lipinski definition) is 0. The molecule has 1 fully saturated rings. The highest BCUT2D eigenvalue weighted by atomic mass is 32.2. The largest absolute Gasteiger partial charge is 0.457 e. The summed E-state index contributed by atoms with van der Waals surface area (Å²) in [6.07, 6.45) is 0.292. The van der Waals surface area contributed by atoms with Crippen LogP contribution in [0.1, 0.15) is 30.5 Å². The summed E-state index contributed by atoms with van der Waals surface area (Å²) in [5.41, 5.74) is 1.81. The molecule has 158 valence electrons. The van der Waals surface area contributed by atoms with Crippen LogP contribution < -0.4 is 0 Å². The van der Waals surface area contributed by atoms with Crippen molar-refractivity contribution in [1.29, 1.82) is 0 Å². The minimum absolute atomic E-state index is 0.0668. The van der Waals surface area contributed by atoms with Gasteiger partial charge in [-0.1, -0.05) is 54.2 Å². The number of esters is 1. The third-order valence-electron chi connectivity index (χ3n) is 5.04. The van der Waals surface area contributed by atoms with E-state index in [-0.39, 0.29) is 23.8 Å². The van der Waals surface area contributed by atoms with Crippen molar-refractivity contribution in [3.63, 3.8) is 0 Å². The number of allylic oxidation sites excluding steroid dienone is 1. The number of fused-ring (bicyclic) bond motifs is 1. The molecular weight excluding hydrogens is 418 g/mol. The van der Waals surface area contributed by atoms with Gasteiger partial charge in [0.2, 0.25) is 5.91 Å². The van der Waals surface area contributed by atoms with Gasteiger partial charge in [-0.15, -0.1) is 0 Å². The van der Waals surface area contributed by atoms with E-state index in [0.717, 1.165) is 5.56 Å². The number of benzene rings is 2. The van der Waals surface area contributed by atoms with E-state index in [1.165, 1.54) is 28.8 Å². The number of non-ortho nitro benzene ring substituents is 1. The van der Waals surface area contributed by atoms with Gasteiger partial charge in [-0.25, -0.2) is 9.79 Å². The molecule has 0 bridgehead atoms. The van der Waals surface area contributed by atoms with Crippen LogP contribution in [0.15, 0.2) is 70.9 Å². The minimum atomic E-state index is -0.837. The number of amides is 1. The third kappa shape index (κ3) is 4.22. The van der Waals surface area contributed by atoms with Crippen LogP contribution in [0.4, 0.5) is 5.69 Å². The van der Waals surface area contributed by atoms with Gasteiger partial charge >= 0.3 is 5.97 Å². The van der Waals surface area contributed by atoms with Crippen molar-refractivity contribution in [3.8, 4) is 0 Å². The first-order chi connectivity index (χ1) is 15.0. The lowest BCUT2D eigenvalue weighted by atomic mass is 9.94. The van der Waals surface area contributed by atoms with Gasteiger partial charge in [0.25, 0.3) is 5.69 Å². The fraction of sp³-hybridized carbons (Fsp3) is 0.227. The van der Waals surface area contributed by atoms with Crippen molar-refractivity contribution in [3.05, 3.63) is 87.1 Å². The molecule has 0 radical (unpaired) electrons. The molecule has 0 aliphatic carbocycles. The highest BCUT2D eigenvalue weighted by Gasteiger charge is 2.42. The Balaban J connectivity index is 1.74. The summed E-state index contributed by atoms with van der Waals surface area (Å²) in [6.45, 7) is 1.75. The van der Waals surface area contributed by atoms with E-state index in [1.807, 2.05) is 30.3 Å². The van der Waals surface area contributed by atoms with Crippen molar-refractivity contribution < 1.29 is 19.2 Å². The second kappa shape index (κ2) is 8.73. The molecule has 4 rings (SSSR count). The number of carbonyl (C=O) groups is 2. The topological polar surface area (TPSA) is 102 Å².